The van der Waals surface area contributed by atoms with Crippen molar-refractivity contribution in [2.75, 3.05) is 11.9 Å². The molecule has 0 heterocycles. The van der Waals surface area contributed by atoms with E-state index in [0.29, 0.717) is 5.69 Å². The average molecular weight is 286 g/mol. The zero-order valence-corrected chi connectivity index (χ0v) is 11.2. The van der Waals surface area contributed by atoms with Gasteiger partial charge in [-0.3, -0.25) is 14.9 Å². The largest absolute Gasteiger partial charge is 0.460 e. The van der Waals surface area contributed by atoms with Gasteiger partial charge in [0.05, 0.1) is 4.92 Å². The van der Waals surface area contributed by atoms with E-state index in [9.17, 15) is 14.9 Å². The maximum absolute atomic E-state index is 11.6. The van der Waals surface area contributed by atoms with Crippen molar-refractivity contribution in [3.63, 3.8) is 0 Å². The molecule has 0 unspecified atom stereocenters. The van der Waals surface area contributed by atoms with E-state index in [0.717, 1.165) is 5.56 Å². The Kier molecular flexibility index (Phi) is 4.87. The van der Waals surface area contributed by atoms with Gasteiger partial charge in [-0.25, -0.2) is 0 Å². The van der Waals surface area contributed by atoms with E-state index in [4.69, 9.17) is 4.74 Å². The van der Waals surface area contributed by atoms with Gasteiger partial charge in [0.25, 0.3) is 5.69 Å². The molecule has 0 aliphatic heterocycles. The third-order valence-corrected chi connectivity index (χ3v) is 2.74. The van der Waals surface area contributed by atoms with E-state index >= 15 is 0 Å². The Morgan fingerprint density at radius 1 is 1.14 bits per heavy atom. The number of nitrogens with zero attached hydrogens (tertiary/aromatic N) is 1. The Hall–Kier alpha value is -2.89. The first-order chi connectivity index (χ1) is 10.1. The number of nitro groups is 1. The summed E-state index contributed by atoms with van der Waals surface area (Å²) < 4.78 is 5.09. The van der Waals surface area contributed by atoms with Gasteiger partial charge in [0.2, 0.25) is 0 Å². The van der Waals surface area contributed by atoms with Crippen LogP contribution < -0.4 is 5.32 Å². The Morgan fingerprint density at radius 2 is 1.90 bits per heavy atom. The summed E-state index contributed by atoms with van der Waals surface area (Å²) in [6.45, 7) is 0.157. The minimum Gasteiger partial charge on any atom is -0.460 e. The summed E-state index contributed by atoms with van der Waals surface area (Å²) in [6, 6.07) is 15.3. The summed E-state index contributed by atoms with van der Waals surface area (Å²) in [4.78, 5) is 21.7. The van der Waals surface area contributed by atoms with Crippen LogP contribution in [0.15, 0.2) is 54.6 Å². The molecule has 0 saturated carbocycles. The monoisotopic (exact) mass is 286 g/mol. The van der Waals surface area contributed by atoms with Crippen LogP contribution in [0, 0.1) is 10.1 Å². The molecule has 0 aromatic heterocycles. The van der Waals surface area contributed by atoms with Gasteiger partial charge < -0.3 is 10.1 Å². The molecule has 0 amide bonds. The first-order valence-corrected chi connectivity index (χ1v) is 6.33. The van der Waals surface area contributed by atoms with E-state index in [2.05, 4.69) is 5.32 Å². The Morgan fingerprint density at radius 3 is 2.62 bits per heavy atom. The van der Waals surface area contributed by atoms with Gasteiger partial charge in [-0.1, -0.05) is 36.4 Å². The number of hydrogen-bond donors (Lipinski definition) is 1. The van der Waals surface area contributed by atoms with Gasteiger partial charge >= 0.3 is 5.97 Å². The molecule has 1 N–H and O–H groups in total. The van der Waals surface area contributed by atoms with Crippen LogP contribution in [0.1, 0.15) is 5.56 Å². The molecule has 0 fully saturated rings. The fraction of sp³-hybridized carbons (Fsp3) is 0.133. The van der Waals surface area contributed by atoms with Crippen LogP contribution in [0.2, 0.25) is 0 Å². The SMILES string of the molecule is O=C(CNc1cccc([N+](=O)[O-])c1)OCc1ccccc1. The number of nitro benzene ring substituents is 1. The Bertz CT molecular complexity index is 629. The molecule has 6 heteroatoms. The number of esters is 1. The molecule has 21 heavy (non-hydrogen) atoms. The highest BCUT2D eigenvalue weighted by Gasteiger charge is 2.07. The first kappa shape index (κ1) is 14.5. The predicted octanol–water partition coefficient (Wildman–Crippen LogP) is 2.75. The quantitative estimate of drug-likeness (QED) is 0.501. The highest BCUT2D eigenvalue weighted by atomic mass is 16.6. The second-order valence-corrected chi connectivity index (χ2v) is 4.31. The van der Waals surface area contributed by atoms with E-state index in [1.54, 1.807) is 12.1 Å². The van der Waals surface area contributed by atoms with E-state index in [1.807, 2.05) is 30.3 Å². The van der Waals surface area contributed by atoms with Crippen molar-refractivity contribution in [2.45, 2.75) is 6.61 Å². The molecule has 0 radical (unpaired) electrons. The van der Waals surface area contributed by atoms with Crippen LogP contribution >= 0.6 is 0 Å². The number of hydrogen-bond acceptors (Lipinski definition) is 5. The number of carbonyl (C=O) groups is 1. The molecule has 0 atom stereocenters. The standard InChI is InChI=1S/C15H14N2O4/c18-15(21-11-12-5-2-1-3-6-12)10-16-13-7-4-8-14(9-13)17(19)20/h1-9,16H,10-11H2. The summed E-state index contributed by atoms with van der Waals surface area (Å²) in [5, 5.41) is 13.4. The van der Waals surface area contributed by atoms with Gasteiger partial charge in [-0.05, 0) is 11.6 Å². The minimum absolute atomic E-state index is 0.0300. The molecule has 2 rings (SSSR count). The summed E-state index contributed by atoms with van der Waals surface area (Å²) in [5.74, 6) is -0.426. The normalized spacial score (nSPS) is 9.90. The number of non-ortho nitro benzene ring substituents is 1. The van der Waals surface area contributed by atoms with Gasteiger partial charge in [0, 0.05) is 17.8 Å². The van der Waals surface area contributed by atoms with Gasteiger partial charge in [-0.2, -0.15) is 0 Å². The number of rotatable bonds is 6. The van der Waals surface area contributed by atoms with Crippen molar-refractivity contribution in [1.29, 1.82) is 0 Å². The molecule has 2 aromatic carbocycles. The highest BCUT2D eigenvalue weighted by molar-refractivity contribution is 5.75. The van der Waals surface area contributed by atoms with E-state index < -0.39 is 10.9 Å². The molecule has 108 valence electrons. The molecule has 0 spiro atoms. The maximum atomic E-state index is 11.6. The summed E-state index contributed by atoms with van der Waals surface area (Å²) in [7, 11) is 0. The Labute approximate surface area is 121 Å². The second kappa shape index (κ2) is 7.04. The summed E-state index contributed by atoms with van der Waals surface area (Å²) in [6.07, 6.45) is 0. The van der Waals surface area contributed by atoms with Crippen molar-refractivity contribution in [1.82, 2.24) is 0 Å². The third kappa shape index (κ3) is 4.61. The zero-order chi connectivity index (χ0) is 15.1. The first-order valence-electron chi connectivity index (χ1n) is 6.33. The number of benzene rings is 2. The molecular formula is C15H14N2O4. The smallest absolute Gasteiger partial charge is 0.325 e. The molecule has 6 nitrogen and oxygen atoms in total. The highest BCUT2D eigenvalue weighted by Crippen LogP contribution is 2.16. The summed E-state index contributed by atoms with van der Waals surface area (Å²) >= 11 is 0. The van der Waals surface area contributed by atoms with Crippen molar-refractivity contribution < 1.29 is 14.5 Å². The van der Waals surface area contributed by atoms with Crippen molar-refractivity contribution in [2.24, 2.45) is 0 Å². The number of ether oxygens (including phenoxy) is 1. The fourth-order valence-electron chi connectivity index (χ4n) is 1.69. The fourth-order valence-corrected chi connectivity index (χ4v) is 1.69. The van der Waals surface area contributed by atoms with Gasteiger partial charge in [0.1, 0.15) is 13.2 Å². The average Bonchev–Trinajstić information content (AvgIpc) is 2.52. The lowest BCUT2D eigenvalue weighted by Crippen LogP contribution is -2.16. The third-order valence-electron chi connectivity index (χ3n) is 2.74. The number of anilines is 1. The van der Waals surface area contributed by atoms with Crippen LogP contribution in [-0.2, 0) is 16.1 Å². The molecule has 0 saturated heterocycles. The minimum atomic E-state index is -0.487. The molecule has 2 aromatic rings. The lowest BCUT2D eigenvalue weighted by Gasteiger charge is -2.07. The predicted molar refractivity (Wildman–Crippen MR) is 77.8 cm³/mol. The van der Waals surface area contributed by atoms with Crippen molar-refractivity contribution in [3.8, 4) is 0 Å². The van der Waals surface area contributed by atoms with Crippen LogP contribution in [0.4, 0.5) is 11.4 Å². The van der Waals surface area contributed by atoms with Crippen molar-refractivity contribution in [3.05, 3.63) is 70.3 Å². The zero-order valence-electron chi connectivity index (χ0n) is 11.2. The van der Waals surface area contributed by atoms with Crippen LogP contribution in [0.25, 0.3) is 0 Å². The molecular weight excluding hydrogens is 272 g/mol. The topological polar surface area (TPSA) is 81.5 Å². The molecule has 0 aliphatic carbocycles. The summed E-state index contributed by atoms with van der Waals surface area (Å²) in [5.41, 5.74) is 1.37. The van der Waals surface area contributed by atoms with Gasteiger partial charge in [-0.15, -0.1) is 0 Å². The lowest BCUT2D eigenvalue weighted by molar-refractivity contribution is -0.384. The van der Waals surface area contributed by atoms with Crippen molar-refractivity contribution >= 4 is 17.3 Å². The van der Waals surface area contributed by atoms with Crippen LogP contribution in [0.3, 0.4) is 0 Å². The lowest BCUT2D eigenvalue weighted by atomic mass is 10.2. The van der Waals surface area contributed by atoms with Crippen LogP contribution in [0.5, 0.6) is 0 Å². The number of carbonyl (C=O) groups excluding carboxylic acids is 1. The van der Waals surface area contributed by atoms with Crippen LogP contribution in [-0.4, -0.2) is 17.4 Å². The Balaban J connectivity index is 1.81. The van der Waals surface area contributed by atoms with Gasteiger partial charge in [0.15, 0.2) is 0 Å². The van der Waals surface area contributed by atoms with E-state index in [1.165, 1.54) is 12.1 Å². The second-order valence-electron chi connectivity index (χ2n) is 4.31. The molecule has 0 bridgehead atoms. The molecule has 0 aliphatic rings. The number of nitrogens with one attached hydrogen (secondary N) is 1. The maximum Gasteiger partial charge on any atom is 0.325 e. The van der Waals surface area contributed by atoms with E-state index in [-0.39, 0.29) is 18.8 Å².